The minimum Gasteiger partial charge on any atom is -0.465 e. The smallest absolute Gasteiger partial charge is 0.412 e. The zero-order chi connectivity index (χ0) is 16.1. The first-order valence-electron chi connectivity index (χ1n) is 7.73. The lowest BCUT2D eigenvalue weighted by atomic mass is 9.88. The van der Waals surface area contributed by atoms with Gasteiger partial charge in [-0.1, -0.05) is 20.3 Å². The zero-order valence-electron chi connectivity index (χ0n) is 13.4. The normalized spacial score (nSPS) is 16.8. The van der Waals surface area contributed by atoms with Crippen molar-refractivity contribution in [3.8, 4) is 0 Å². The molecule has 0 aromatic carbocycles. The fourth-order valence-corrected chi connectivity index (χ4v) is 3.98. The van der Waals surface area contributed by atoms with Crippen molar-refractivity contribution in [2.24, 2.45) is 5.92 Å². The summed E-state index contributed by atoms with van der Waals surface area (Å²) in [6.45, 7) is 4.62. The fraction of sp³-hybridized carbons (Fsp3) is 0.625. The van der Waals surface area contributed by atoms with Gasteiger partial charge in [0, 0.05) is 4.88 Å². The number of ether oxygens (including phenoxy) is 2. The Kier molecular flexibility index (Phi) is 5.83. The topological polar surface area (TPSA) is 64.6 Å². The molecule has 6 heteroatoms. The number of amides is 1. The number of rotatable bonds is 5. The highest BCUT2D eigenvalue weighted by molar-refractivity contribution is 7.17. The average molecular weight is 325 g/mol. The maximum atomic E-state index is 12.1. The SMILES string of the molecule is CCCCOC(=O)Nc1sc2c(c1C(=O)OC)CC[C@H](C)C2. The van der Waals surface area contributed by atoms with Crippen molar-refractivity contribution < 1.29 is 19.1 Å². The summed E-state index contributed by atoms with van der Waals surface area (Å²) in [5, 5.41) is 3.26. The molecule has 1 heterocycles. The van der Waals surface area contributed by atoms with Gasteiger partial charge in [0.2, 0.25) is 0 Å². The van der Waals surface area contributed by atoms with Crippen molar-refractivity contribution in [3.63, 3.8) is 0 Å². The Morgan fingerprint density at radius 3 is 2.86 bits per heavy atom. The Bertz CT molecular complexity index is 553. The maximum absolute atomic E-state index is 12.1. The van der Waals surface area contributed by atoms with E-state index in [2.05, 4.69) is 12.2 Å². The molecule has 0 spiro atoms. The van der Waals surface area contributed by atoms with Crippen LogP contribution in [0.4, 0.5) is 9.80 Å². The number of carbonyl (C=O) groups is 2. The second kappa shape index (κ2) is 7.63. The zero-order valence-corrected chi connectivity index (χ0v) is 14.2. The van der Waals surface area contributed by atoms with Gasteiger partial charge >= 0.3 is 12.1 Å². The number of fused-ring (bicyclic) bond motifs is 1. The van der Waals surface area contributed by atoms with Crippen LogP contribution in [-0.4, -0.2) is 25.8 Å². The van der Waals surface area contributed by atoms with Crippen LogP contribution in [0, 0.1) is 5.92 Å². The molecule has 1 atom stereocenters. The Morgan fingerprint density at radius 1 is 1.41 bits per heavy atom. The van der Waals surface area contributed by atoms with Gasteiger partial charge in [-0.3, -0.25) is 5.32 Å². The summed E-state index contributed by atoms with van der Waals surface area (Å²) in [6.07, 6.45) is 4.13. The molecule has 0 unspecified atom stereocenters. The molecule has 1 N–H and O–H groups in total. The van der Waals surface area contributed by atoms with Crippen molar-refractivity contribution in [1.82, 2.24) is 0 Å². The van der Waals surface area contributed by atoms with Gasteiger partial charge in [-0.15, -0.1) is 11.3 Å². The van der Waals surface area contributed by atoms with E-state index < -0.39 is 12.1 Å². The van der Waals surface area contributed by atoms with E-state index in [0.717, 1.165) is 37.7 Å². The highest BCUT2D eigenvalue weighted by atomic mass is 32.1. The van der Waals surface area contributed by atoms with Crippen LogP contribution in [0.1, 0.15) is 53.9 Å². The second-order valence-electron chi connectivity index (χ2n) is 5.66. The molecular formula is C16H23NO4S. The van der Waals surface area contributed by atoms with Gasteiger partial charge in [0.05, 0.1) is 19.3 Å². The van der Waals surface area contributed by atoms with Crippen LogP contribution < -0.4 is 5.32 Å². The molecule has 2 rings (SSSR count). The first kappa shape index (κ1) is 16.8. The average Bonchev–Trinajstić information content (AvgIpc) is 2.83. The Hall–Kier alpha value is -1.56. The third-order valence-electron chi connectivity index (χ3n) is 3.85. The molecule has 5 nitrogen and oxygen atoms in total. The number of anilines is 1. The Labute approximate surface area is 135 Å². The molecule has 1 aliphatic rings. The first-order valence-corrected chi connectivity index (χ1v) is 8.55. The molecule has 1 amide bonds. The van der Waals surface area contributed by atoms with Crippen LogP contribution >= 0.6 is 11.3 Å². The molecule has 0 aliphatic heterocycles. The molecule has 1 aliphatic carbocycles. The lowest BCUT2D eigenvalue weighted by molar-refractivity contribution is 0.0601. The summed E-state index contributed by atoms with van der Waals surface area (Å²) in [6, 6.07) is 0. The number of carbonyl (C=O) groups excluding carboxylic acids is 2. The van der Waals surface area contributed by atoms with Gasteiger partial charge in [-0.05, 0) is 37.2 Å². The van der Waals surface area contributed by atoms with E-state index in [1.807, 2.05) is 6.92 Å². The van der Waals surface area contributed by atoms with Gasteiger partial charge in [0.15, 0.2) is 0 Å². The summed E-state index contributed by atoms with van der Waals surface area (Å²) >= 11 is 1.46. The maximum Gasteiger partial charge on any atom is 0.412 e. The highest BCUT2D eigenvalue weighted by Crippen LogP contribution is 2.40. The molecule has 1 aromatic rings. The van der Waals surface area contributed by atoms with Crippen LogP contribution in [0.15, 0.2) is 0 Å². The minimum atomic E-state index is -0.509. The van der Waals surface area contributed by atoms with Gasteiger partial charge in [-0.25, -0.2) is 9.59 Å². The van der Waals surface area contributed by atoms with Crippen molar-refractivity contribution in [2.75, 3.05) is 19.0 Å². The predicted molar refractivity (Wildman–Crippen MR) is 86.7 cm³/mol. The summed E-state index contributed by atoms with van der Waals surface area (Å²) < 4.78 is 10.00. The van der Waals surface area contributed by atoms with Crippen LogP contribution in [-0.2, 0) is 22.3 Å². The standard InChI is InChI=1S/C16H23NO4S/c1-4-5-8-21-16(19)17-14-13(15(18)20-3)11-7-6-10(2)9-12(11)22-14/h10H,4-9H2,1-3H3,(H,17,19)/t10-/m0/s1. The van der Waals surface area contributed by atoms with Crippen LogP contribution in [0.5, 0.6) is 0 Å². The van der Waals surface area contributed by atoms with Crippen LogP contribution in [0.25, 0.3) is 0 Å². The number of esters is 1. The summed E-state index contributed by atoms with van der Waals surface area (Å²) in [4.78, 5) is 25.1. The van der Waals surface area contributed by atoms with E-state index in [9.17, 15) is 9.59 Å². The van der Waals surface area contributed by atoms with E-state index in [0.29, 0.717) is 23.1 Å². The van der Waals surface area contributed by atoms with Gasteiger partial charge in [0.25, 0.3) is 0 Å². The van der Waals surface area contributed by atoms with Crippen molar-refractivity contribution in [2.45, 2.75) is 46.0 Å². The quantitative estimate of drug-likeness (QED) is 0.656. The lowest BCUT2D eigenvalue weighted by Gasteiger charge is -2.18. The van der Waals surface area contributed by atoms with E-state index in [-0.39, 0.29) is 0 Å². The van der Waals surface area contributed by atoms with Crippen molar-refractivity contribution >= 4 is 28.4 Å². The fourth-order valence-electron chi connectivity index (χ4n) is 2.59. The minimum absolute atomic E-state index is 0.387. The molecule has 0 saturated carbocycles. The number of hydrogen-bond donors (Lipinski definition) is 1. The van der Waals surface area contributed by atoms with E-state index in [4.69, 9.17) is 9.47 Å². The summed E-state index contributed by atoms with van der Waals surface area (Å²) in [5.74, 6) is 0.205. The lowest BCUT2D eigenvalue weighted by Crippen LogP contribution is -2.17. The summed E-state index contributed by atoms with van der Waals surface area (Å²) in [7, 11) is 1.36. The van der Waals surface area contributed by atoms with Crippen LogP contribution in [0.3, 0.4) is 0 Å². The Balaban J connectivity index is 2.19. The molecule has 0 fully saturated rings. The van der Waals surface area contributed by atoms with Gasteiger partial charge in [0.1, 0.15) is 5.00 Å². The molecule has 122 valence electrons. The van der Waals surface area contributed by atoms with E-state index >= 15 is 0 Å². The monoisotopic (exact) mass is 325 g/mol. The molecule has 0 bridgehead atoms. The van der Waals surface area contributed by atoms with Gasteiger partial charge < -0.3 is 9.47 Å². The number of hydrogen-bond acceptors (Lipinski definition) is 5. The Morgan fingerprint density at radius 2 is 2.18 bits per heavy atom. The number of nitrogens with one attached hydrogen (secondary N) is 1. The molecule has 1 aromatic heterocycles. The van der Waals surface area contributed by atoms with Crippen LogP contribution in [0.2, 0.25) is 0 Å². The highest BCUT2D eigenvalue weighted by Gasteiger charge is 2.29. The molecule has 0 saturated heterocycles. The number of methoxy groups -OCH3 is 1. The molecule has 22 heavy (non-hydrogen) atoms. The van der Waals surface area contributed by atoms with E-state index in [1.54, 1.807) is 0 Å². The largest absolute Gasteiger partial charge is 0.465 e. The van der Waals surface area contributed by atoms with E-state index in [1.165, 1.54) is 23.3 Å². The molecular weight excluding hydrogens is 302 g/mol. The summed E-state index contributed by atoms with van der Waals surface area (Å²) in [5.41, 5.74) is 1.53. The van der Waals surface area contributed by atoms with Crippen molar-refractivity contribution in [3.05, 3.63) is 16.0 Å². The first-order chi connectivity index (χ1) is 10.6. The predicted octanol–water partition coefficient (Wildman–Crippen LogP) is 4.01. The van der Waals surface area contributed by atoms with Crippen molar-refractivity contribution in [1.29, 1.82) is 0 Å². The number of thiophene rings is 1. The second-order valence-corrected chi connectivity index (χ2v) is 6.77. The molecule has 0 radical (unpaired) electrons. The van der Waals surface area contributed by atoms with Gasteiger partial charge in [-0.2, -0.15) is 0 Å². The number of unbranched alkanes of at least 4 members (excludes halogenated alkanes) is 1. The third-order valence-corrected chi connectivity index (χ3v) is 5.02. The third kappa shape index (κ3) is 3.80.